The molecule has 0 aliphatic heterocycles. The Kier molecular flexibility index (Phi) is 12.6. The molecule has 413 valence electrons. The van der Waals surface area contributed by atoms with Crippen molar-refractivity contribution in [3.63, 3.8) is 0 Å². The van der Waals surface area contributed by atoms with E-state index in [9.17, 15) is 0 Å². The maximum atomic E-state index is 8.55. The normalized spacial score (nSPS) is 16.2. The molecule has 14 rings (SSSR count). The minimum atomic E-state index is -2.41. The van der Waals surface area contributed by atoms with Gasteiger partial charge in [0, 0.05) is 52.3 Å². The molecule has 0 bridgehead atoms. The first-order valence-corrected chi connectivity index (χ1v) is 28.9. The van der Waals surface area contributed by atoms with Crippen molar-refractivity contribution in [2.45, 2.75) is 136 Å². The summed E-state index contributed by atoms with van der Waals surface area (Å²) < 4.78 is 34.6. The second-order valence-electron chi connectivity index (χ2n) is 26.2. The van der Waals surface area contributed by atoms with Crippen LogP contribution in [0.25, 0.3) is 105 Å². The third-order valence-corrected chi connectivity index (χ3v) is 17.7. The number of hydrogen-bond donors (Lipinski definition) is 0. The van der Waals surface area contributed by atoms with Crippen LogP contribution in [-0.2, 0) is 41.8 Å². The molecule has 2 aliphatic carbocycles. The number of aromatic nitrogens is 4. The van der Waals surface area contributed by atoms with Crippen molar-refractivity contribution in [3.8, 4) is 50.6 Å². The third kappa shape index (κ3) is 9.04. The molecule has 0 spiro atoms. The molecule has 5 nitrogen and oxygen atoms in total. The number of fused-ring (bicyclic) bond motifs is 9. The largest absolute Gasteiger partial charge is 0.486 e. The Morgan fingerprint density at radius 1 is 0.598 bits per heavy atom. The summed E-state index contributed by atoms with van der Waals surface area (Å²) in [5.41, 5.74) is 21.6. The summed E-state index contributed by atoms with van der Waals surface area (Å²) in [5.74, 6) is 1.00. The van der Waals surface area contributed by atoms with E-state index in [0.717, 1.165) is 49.7 Å². The van der Waals surface area contributed by atoms with Gasteiger partial charge in [0.2, 0.25) is 5.71 Å². The van der Waals surface area contributed by atoms with Gasteiger partial charge in [-0.1, -0.05) is 192 Å². The van der Waals surface area contributed by atoms with Gasteiger partial charge >= 0.3 is 0 Å². The zero-order valence-electron chi connectivity index (χ0n) is 52.2. The molecule has 0 amide bonds. The van der Waals surface area contributed by atoms with E-state index in [-0.39, 0.29) is 59.2 Å². The fourth-order valence-corrected chi connectivity index (χ4v) is 14.7. The molecule has 2 aliphatic rings. The molecular formula is C76H72IrN4O-2. The van der Waals surface area contributed by atoms with Crippen molar-refractivity contribution >= 4 is 54.8 Å². The summed E-state index contributed by atoms with van der Waals surface area (Å²) in [6.45, 7) is 26.0. The maximum absolute atomic E-state index is 8.55. The molecule has 0 unspecified atom stereocenters. The van der Waals surface area contributed by atoms with Crippen LogP contribution in [-0.4, -0.2) is 19.5 Å². The minimum absolute atomic E-state index is 0. The van der Waals surface area contributed by atoms with Gasteiger partial charge in [0.05, 0.1) is 28.0 Å². The first-order valence-electron chi connectivity index (χ1n) is 30.4. The fraction of sp³-hybridized carbons (Fsp3) is 0.276. The number of furan rings is 1. The molecular weight excluding hydrogens is 1180 g/mol. The summed E-state index contributed by atoms with van der Waals surface area (Å²) in [6, 6.07) is 61.1. The number of benzene rings is 8. The number of imidazole rings is 1. The summed E-state index contributed by atoms with van der Waals surface area (Å²) in [6.07, 6.45) is 4.34. The van der Waals surface area contributed by atoms with Gasteiger partial charge in [-0.05, 0) is 149 Å². The Balaban J connectivity index is 0.000000184. The average Bonchev–Trinajstić information content (AvgIpc) is 2.06. The number of rotatable bonds is 7. The number of para-hydroxylation sites is 2. The molecule has 0 atom stereocenters. The van der Waals surface area contributed by atoms with Crippen LogP contribution in [0.5, 0.6) is 0 Å². The van der Waals surface area contributed by atoms with Crippen LogP contribution in [0.15, 0.2) is 168 Å². The van der Waals surface area contributed by atoms with Gasteiger partial charge in [0.25, 0.3) is 0 Å². The molecule has 1 radical (unpaired) electrons. The van der Waals surface area contributed by atoms with Crippen LogP contribution in [0.4, 0.5) is 0 Å². The van der Waals surface area contributed by atoms with Crippen molar-refractivity contribution in [1.82, 2.24) is 19.5 Å². The smallest absolute Gasteiger partial charge is 0.216 e. The van der Waals surface area contributed by atoms with Gasteiger partial charge in [0.1, 0.15) is 0 Å². The minimum Gasteiger partial charge on any atom is -0.486 e. The molecule has 0 fully saturated rings. The monoisotopic (exact) mass is 1250 g/mol. The van der Waals surface area contributed by atoms with Crippen LogP contribution in [0.2, 0.25) is 0 Å². The van der Waals surface area contributed by atoms with Gasteiger partial charge < -0.3 is 14.0 Å². The van der Waals surface area contributed by atoms with Crippen molar-refractivity contribution in [2.24, 2.45) is 0 Å². The van der Waals surface area contributed by atoms with Crippen molar-refractivity contribution in [3.05, 3.63) is 215 Å². The first kappa shape index (κ1) is 51.4. The Bertz CT molecular complexity index is 4520. The Labute approximate surface area is 501 Å². The Morgan fingerprint density at radius 2 is 1.24 bits per heavy atom. The van der Waals surface area contributed by atoms with E-state index in [1.165, 1.54) is 46.2 Å². The van der Waals surface area contributed by atoms with Crippen molar-refractivity contribution < 1.29 is 28.6 Å². The van der Waals surface area contributed by atoms with Gasteiger partial charge in [-0.15, -0.1) is 53.6 Å². The number of aryl methyl sites for hydroxylation is 1. The van der Waals surface area contributed by atoms with E-state index in [4.69, 9.17) is 23.5 Å². The van der Waals surface area contributed by atoms with E-state index >= 15 is 0 Å². The molecule has 8 aromatic carbocycles. The summed E-state index contributed by atoms with van der Waals surface area (Å²) in [5, 5.41) is 4.16. The molecule has 0 saturated heterocycles. The zero-order valence-corrected chi connectivity index (χ0v) is 51.6. The topological polar surface area (TPSA) is 56.7 Å². The standard InChI is InChI=1S/C45H36N3O.C31H36N.Ir/c1-26(2)35-24-32(29-13-7-6-8-14-29)25-36(27(3)4)42(35)48-39-18-12-11-17-38(39)46-44(48)34-22-19-28(5)40-37-23-31-21-20-30-15-9-10-16-33(30)41(31)47-45(37)49-43(34)40;1-28(2)18-30(5,6)26-22(28)17-23-27(31(7,8)19-29(23,3)4)25(26)21-14-15-32-24(16-21)20-12-10-9-11-13-20;/h6-21,23-27H,1-5H3;9-12,14-17H,18-19H2,1-8H3;/q2*-1;/i5D3;;. The van der Waals surface area contributed by atoms with Gasteiger partial charge in [0.15, 0.2) is 0 Å². The van der Waals surface area contributed by atoms with Crippen LogP contribution in [0.3, 0.4) is 0 Å². The zero-order chi connectivity index (χ0) is 59.0. The van der Waals surface area contributed by atoms with Crippen molar-refractivity contribution in [1.29, 1.82) is 0 Å². The first-order chi connectivity index (χ1) is 39.9. The van der Waals surface area contributed by atoms with E-state index in [0.29, 0.717) is 33.5 Å². The summed E-state index contributed by atoms with van der Waals surface area (Å²) in [4.78, 5) is 15.0. The number of nitrogens with zero attached hydrogens (tertiary/aromatic N) is 4. The van der Waals surface area contributed by atoms with Gasteiger partial charge in [-0.25, -0.2) is 4.98 Å². The number of pyridine rings is 2. The molecule has 6 heteroatoms. The Morgan fingerprint density at radius 3 is 1.91 bits per heavy atom. The van der Waals surface area contributed by atoms with Crippen LogP contribution in [0, 0.1) is 19.0 Å². The molecule has 12 aromatic rings. The quantitative estimate of drug-likeness (QED) is 0.118. The van der Waals surface area contributed by atoms with E-state index < -0.39 is 6.85 Å². The molecule has 82 heavy (non-hydrogen) atoms. The summed E-state index contributed by atoms with van der Waals surface area (Å²) >= 11 is 0. The van der Waals surface area contributed by atoms with Gasteiger partial charge in [-0.3, -0.25) is 4.98 Å². The molecule has 0 N–H and O–H groups in total. The van der Waals surface area contributed by atoms with Crippen molar-refractivity contribution in [2.75, 3.05) is 0 Å². The second-order valence-corrected chi connectivity index (χ2v) is 26.2. The Hall–Kier alpha value is -7.50. The molecule has 0 saturated carbocycles. The maximum Gasteiger partial charge on any atom is 0.216 e. The van der Waals surface area contributed by atoms with Crippen LogP contribution < -0.4 is 0 Å². The van der Waals surface area contributed by atoms with Gasteiger partial charge in [-0.2, -0.15) is 0 Å². The van der Waals surface area contributed by atoms with Crippen LogP contribution >= 0.6 is 0 Å². The molecule has 4 aromatic heterocycles. The number of hydrogen-bond acceptors (Lipinski definition) is 4. The SMILES string of the molecule is CC1(C)CC(C)(C)c2c1cc1c(c2-c2ccnc(-c3[c-]cccc3)c2)C(C)(C)CC1(C)C.[2H]C([2H])([2H])c1c[c-]c(-c2nc3ccccc3n2-c2c(C(C)C)cc(-c3ccccc3)cc2C(C)C)c2oc3nc4c(ccc5ccccc54)cc3c12.[Ir]. The van der Waals surface area contributed by atoms with E-state index in [1.807, 2.05) is 66.9 Å². The predicted octanol–water partition coefficient (Wildman–Crippen LogP) is 20.4. The molecule has 4 heterocycles. The summed E-state index contributed by atoms with van der Waals surface area (Å²) in [7, 11) is 0. The van der Waals surface area contributed by atoms with E-state index in [2.05, 4.69) is 191 Å². The average molecular weight is 1250 g/mol. The third-order valence-electron chi connectivity index (χ3n) is 17.7. The van der Waals surface area contributed by atoms with Crippen LogP contribution in [0.1, 0.15) is 151 Å². The second kappa shape index (κ2) is 20.1. The predicted molar refractivity (Wildman–Crippen MR) is 339 cm³/mol. The van der Waals surface area contributed by atoms with E-state index in [1.54, 1.807) is 28.3 Å². The fourth-order valence-electron chi connectivity index (χ4n) is 14.7.